The van der Waals surface area contributed by atoms with Crippen molar-refractivity contribution < 1.29 is 8.42 Å². The summed E-state index contributed by atoms with van der Waals surface area (Å²) >= 11 is 0. The summed E-state index contributed by atoms with van der Waals surface area (Å²) in [5.74, 6) is 1.40. The van der Waals surface area contributed by atoms with Gasteiger partial charge in [0.25, 0.3) is 0 Å². The third kappa shape index (κ3) is 3.78. The number of hydrogen-bond donors (Lipinski definition) is 3. The average molecular weight is 295 g/mol. The fourth-order valence-electron chi connectivity index (χ4n) is 1.65. The number of nitrogens with one attached hydrogen (secondary N) is 3. The predicted molar refractivity (Wildman–Crippen MR) is 75.9 cm³/mol. The summed E-state index contributed by atoms with van der Waals surface area (Å²) in [6.45, 7) is 2.97. The highest BCUT2D eigenvalue weighted by atomic mass is 32.2. The van der Waals surface area contributed by atoms with E-state index in [1.54, 1.807) is 18.5 Å². The van der Waals surface area contributed by atoms with E-state index in [1.165, 1.54) is 12.3 Å². The van der Waals surface area contributed by atoms with E-state index < -0.39 is 10.0 Å². The third-order valence-corrected chi connectivity index (χ3v) is 4.06. The summed E-state index contributed by atoms with van der Waals surface area (Å²) < 4.78 is 26.6. The number of sulfonamides is 1. The monoisotopic (exact) mass is 295 g/mol. The lowest BCUT2D eigenvalue weighted by atomic mass is 10.4. The molecule has 7 nitrogen and oxygen atoms in total. The lowest BCUT2D eigenvalue weighted by Crippen LogP contribution is -2.26. The van der Waals surface area contributed by atoms with Crippen molar-refractivity contribution in [3.8, 4) is 0 Å². The Hall–Kier alpha value is -1.93. The Bertz CT molecular complexity index is 622. The number of aromatic amines is 1. The molecule has 3 N–H and O–H groups in total. The summed E-state index contributed by atoms with van der Waals surface area (Å²) in [7, 11) is -3.53. The van der Waals surface area contributed by atoms with E-state index in [0.29, 0.717) is 12.2 Å². The highest BCUT2D eigenvalue weighted by Gasteiger charge is 2.13. The lowest BCUT2D eigenvalue weighted by Gasteiger charge is -2.07. The van der Waals surface area contributed by atoms with Gasteiger partial charge >= 0.3 is 0 Å². The maximum absolute atomic E-state index is 12.0. The number of hydrogen-bond acceptors (Lipinski definition) is 5. The zero-order valence-electron chi connectivity index (χ0n) is 11.1. The number of aromatic nitrogens is 3. The Morgan fingerprint density at radius 1 is 1.30 bits per heavy atom. The van der Waals surface area contributed by atoms with E-state index in [1.807, 2.05) is 6.92 Å². The van der Waals surface area contributed by atoms with Crippen LogP contribution < -0.4 is 10.0 Å². The molecule has 0 aromatic carbocycles. The minimum absolute atomic E-state index is 0.151. The van der Waals surface area contributed by atoms with Crippen LogP contribution in [0.5, 0.6) is 0 Å². The van der Waals surface area contributed by atoms with Crippen molar-refractivity contribution in [2.45, 2.75) is 18.2 Å². The largest absolute Gasteiger partial charge is 0.370 e. The van der Waals surface area contributed by atoms with Gasteiger partial charge in [-0.25, -0.2) is 23.1 Å². The van der Waals surface area contributed by atoms with Gasteiger partial charge in [-0.05, 0) is 19.1 Å². The Labute approximate surface area is 117 Å². The first-order chi connectivity index (χ1) is 9.62. The lowest BCUT2D eigenvalue weighted by molar-refractivity contribution is 0.580. The molecule has 8 heteroatoms. The van der Waals surface area contributed by atoms with Crippen molar-refractivity contribution in [2.75, 3.05) is 18.4 Å². The zero-order chi connectivity index (χ0) is 14.4. The van der Waals surface area contributed by atoms with E-state index in [0.717, 1.165) is 12.4 Å². The highest BCUT2D eigenvalue weighted by Crippen LogP contribution is 2.10. The van der Waals surface area contributed by atoms with Crippen LogP contribution in [0.3, 0.4) is 0 Å². The molecule has 0 unspecified atom stereocenters. The van der Waals surface area contributed by atoms with Crippen LogP contribution >= 0.6 is 0 Å². The molecule has 2 aromatic heterocycles. The van der Waals surface area contributed by atoms with Gasteiger partial charge in [0.2, 0.25) is 10.0 Å². The standard InChI is InChI=1S/C12H17N5O2S/c1-2-13-11-4-3-10(9-16-11)20(18,19)17-6-5-12-14-7-8-15-12/h3-4,7-9,17H,2,5-6H2,1H3,(H,13,16)(H,14,15). The van der Waals surface area contributed by atoms with Crippen molar-refractivity contribution in [1.82, 2.24) is 19.7 Å². The molecule has 0 aliphatic carbocycles. The summed E-state index contributed by atoms with van der Waals surface area (Å²) in [5, 5.41) is 3.01. The fourth-order valence-corrected chi connectivity index (χ4v) is 2.62. The molecular formula is C12H17N5O2S. The van der Waals surface area contributed by atoms with Gasteiger partial charge in [0.15, 0.2) is 0 Å². The summed E-state index contributed by atoms with van der Waals surface area (Å²) in [6, 6.07) is 3.17. The zero-order valence-corrected chi connectivity index (χ0v) is 11.9. The van der Waals surface area contributed by atoms with Crippen molar-refractivity contribution >= 4 is 15.8 Å². The molecule has 0 atom stereocenters. The van der Waals surface area contributed by atoms with Crippen LogP contribution in [0.25, 0.3) is 0 Å². The summed E-state index contributed by atoms with van der Waals surface area (Å²) in [6.07, 6.45) is 5.18. The first-order valence-corrected chi connectivity index (χ1v) is 7.78. The number of H-pyrrole nitrogens is 1. The van der Waals surface area contributed by atoms with Gasteiger partial charge in [-0.1, -0.05) is 0 Å². The van der Waals surface area contributed by atoms with E-state index in [-0.39, 0.29) is 11.4 Å². The Morgan fingerprint density at radius 2 is 2.15 bits per heavy atom. The molecule has 0 bridgehead atoms. The smallest absolute Gasteiger partial charge is 0.242 e. The molecule has 0 amide bonds. The molecule has 20 heavy (non-hydrogen) atoms. The van der Waals surface area contributed by atoms with Gasteiger partial charge in [0.1, 0.15) is 16.5 Å². The Morgan fingerprint density at radius 3 is 2.75 bits per heavy atom. The molecule has 2 heterocycles. The molecule has 0 saturated heterocycles. The number of nitrogens with zero attached hydrogens (tertiary/aromatic N) is 2. The Balaban J connectivity index is 1.95. The van der Waals surface area contributed by atoms with Crippen LogP contribution in [-0.4, -0.2) is 36.5 Å². The van der Waals surface area contributed by atoms with Gasteiger partial charge in [-0.2, -0.15) is 0 Å². The molecule has 0 aliphatic rings. The molecule has 0 aliphatic heterocycles. The molecule has 2 rings (SSSR count). The number of imidazole rings is 1. The SMILES string of the molecule is CCNc1ccc(S(=O)(=O)NCCc2ncc[nH]2)cn1. The fraction of sp³-hybridized carbons (Fsp3) is 0.333. The molecule has 0 saturated carbocycles. The van der Waals surface area contributed by atoms with E-state index in [2.05, 4.69) is 25.0 Å². The van der Waals surface area contributed by atoms with Crippen LogP contribution in [0.1, 0.15) is 12.7 Å². The van der Waals surface area contributed by atoms with Gasteiger partial charge in [0.05, 0.1) is 0 Å². The van der Waals surface area contributed by atoms with Crippen molar-refractivity contribution in [2.24, 2.45) is 0 Å². The first-order valence-electron chi connectivity index (χ1n) is 6.29. The second-order valence-electron chi connectivity index (χ2n) is 4.09. The average Bonchev–Trinajstić information content (AvgIpc) is 2.93. The second kappa shape index (κ2) is 6.49. The van der Waals surface area contributed by atoms with E-state index in [4.69, 9.17) is 0 Å². The molecule has 108 valence electrons. The van der Waals surface area contributed by atoms with Crippen LogP contribution in [0.15, 0.2) is 35.6 Å². The van der Waals surface area contributed by atoms with Crippen molar-refractivity contribution in [3.63, 3.8) is 0 Å². The quantitative estimate of drug-likeness (QED) is 0.700. The van der Waals surface area contributed by atoms with E-state index in [9.17, 15) is 8.42 Å². The normalized spacial score (nSPS) is 11.4. The molecule has 0 spiro atoms. The maximum atomic E-state index is 12.0. The molecular weight excluding hydrogens is 278 g/mol. The number of anilines is 1. The maximum Gasteiger partial charge on any atom is 0.242 e. The summed E-state index contributed by atoms with van der Waals surface area (Å²) in [4.78, 5) is 11.1. The number of pyridine rings is 1. The topological polar surface area (TPSA) is 99.8 Å². The molecule has 0 fully saturated rings. The van der Waals surface area contributed by atoms with Crippen LogP contribution in [-0.2, 0) is 16.4 Å². The van der Waals surface area contributed by atoms with Crippen LogP contribution in [0.2, 0.25) is 0 Å². The second-order valence-corrected chi connectivity index (χ2v) is 5.86. The molecule has 0 radical (unpaired) electrons. The molecule has 2 aromatic rings. The van der Waals surface area contributed by atoms with Gasteiger partial charge < -0.3 is 10.3 Å². The summed E-state index contributed by atoms with van der Waals surface area (Å²) in [5.41, 5.74) is 0. The van der Waals surface area contributed by atoms with Crippen LogP contribution in [0.4, 0.5) is 5.82 Å². The minimum Gasteiger partial charge on any atom is -0.370 e. The van der Waals surface area contributed by atoms with Crippen molar-refractivity contribution in [1.29, 1.82) is 0 Å². The predicted octanol–water partition coefficient (Wildman–Crippen LogP) is 0.757. The van der Waals surface area contributed by atoms with Crippen molar-refractivity contribution in [3.05, 3.63) is 36.5 Å². The minimum atomic E-state index is -3.53. The first kappa shape index (κ1) is 14.5. The van der Waals surface area contributed by atoms with E-state index >= 15 is 0 Å². The van der Waals surface area contributed by atoms with Gasteiger partial charge in [0, 0.05) is 38.1 Å². The highest BCUT2D eigenvalue weighted by molar-refractivity contribution is 7.89. The third-order valence-electron chi connectivity index (χ3n) is 2.61. The van der Waals surface area contributed by atoms with Gasteiger partial charge in [-0.3, -0.25) is 0 Å². The van der Waals surface area contributed by atoms with Crippen LogP contribution in [0, 0.1) is 0 Å². The number of rotatable bonds is 7. The van der Waals surface area contributed by atoms with Gasteiger partial charge in [-0.15, -0.1) is 0 Å². The Kier molecular flexibility index (Phi) is 4.70.